The molecule has 2 aromatic rings. The van der Waals surface area contributed by atoms with Gasteiger partial charge in [-0.05, 0) is 96.1 Å². The van der Waals surface area contributed by atoms with E-state index < -0.39 is 79.2 Å². The molecule has 0 unspecified atom stereocenters. The van der Waals surface area contributed by atoms with Gasteiger partial charge in [0.1, 0.15) is 41.2 Å². The number of carbonyl (C=O) groups is 5. The van der Waals surface area contributed by atoms with Gasteiger partial charge in [0.2, 0.25) is 27.7 Å². The number of benzene rings is 1. The molecular formula is C48H66N6O11S. The quantitative estimate of drug-likeness (QED) is 0.265. The first-order chi connectivity index (χ1) is 31.0. The van der Waals surface area contributed by atoms with Crippen LogP contribution in [0.15, 0.2) is 36.9 Å². The van der Waals surface area contributed by atoms with Gasteiger partial charge in [0.05, 0.1) is 29.0 Å². The molecule has 3 saturated carbocycles. The molecule has 0 spiro atoms. The molecule has 360 valence electrons. The minimum atomic E-state index is -4.04. The molecule has 4 heterocycles. The van der Waals surface area contributed by atoms with E-state index in [1.165, 1.54) is 11.0 Å². The molecule has 18 heteroatoms. The fraction of sp³-hybridized carbons (Fsp3) is 0.667. The van der Waals surface area contributed by atoms with Gasteiger partial charge in [0.25, 0.3) is 5.91 Å². The van der Waals surface area contributed by atoms with Crippen molar-refractivity contribution in [2.24, 2.45) is 23.2 Å². The number of sulfonamides is 1. The van der Waals surface area contributed by atoms with Crippen LogP contribution in [-0.2, 0) is 40.3 Å². The fourth-order valence-corrected chi connectivity index (χ4v) is 10.7. The van der Waals surface area contributed by atoms with Crippen molar-refractivity contribution in [3.63, 3.8) is 0 Å². The van der Waals surface area contributed by atoms with Gasteiger partial charge >= 0.3 is 12.2 Å². The van der Waals surface area contributed by atoms with E-state index in [9.17, 15) is 32.4 Å². The van der Waals surface area contributed by atoms with E-state index in [1.54, 1.807) is 11.8 Å². The van der Waals surface area contributed by atoms with Crippen LogP contribution in [-0.4, -0.2) is 120 Å². The minimum Gasteiger partial charge on any atom is -0.492 e. The largest absolute Gasteiger partial charge is 0.492 e. The SMILES string of the molecule is C=C[C@@H]1C[C@]1(NC(=O)[C@@H]1C[C@@H]2CN1C(=O)[C@H](C(C)(C)C)NC(=O)O[C@@H]1C[C@H]1CCCCCc1c(nc3ccccc3c1OCC1CN(C(=O)OC(C)(C)C)C1)O2)C(=O)NS(=O)(=O)C1(C)CC1. The summed E-state index contributed by atoms with van der Waals surface area (Å²) >= 11 is 0. The first-order valence-corrected chi connectivity index (χ1v) is 25.0. The number of hydrogen-bond donors (Lipinski definition) is 3. The molecule has 3 N–H and O–H groups in total. The lowest BCUT2D eigenvalue weighted by Gasteiger charge is -2.39. The lowest BCUT2D eigenvalue weighted by molar-refractivity contribution is -0.142. The Bertz CT molecular complexity index is 2390. The van der Waals surface area contributed by atoms with E-state index in [4.69, 9.17) is 23.9 Å². The number of nitrogens with zero attached hydrogens (tertiary/aromatic N) is 3. The van der Waals surface area contributed by atoms with Crippen LogP contribution in [0, 0.1) is 23.2 Å². The number of carbonyl (C=O) groups excluding carboxylic acids is 5. The number of hydrogen-bond acceptors (Lipinski definition) is 12. The number of para-hydroxylation sites is 1. The second-order valence-corrected chi connectivity index (χ2v) is 23.9. The lowest BCUT2D eigenvalue weighted by Crippen LogP contribution is -2.60. The number of aromatic nitrogens is 1. The maximum Gasteiger partial charge on any atom is 0.410 e. The molecule has 8 rings (SSSR count). The summed E-state index contributed by atoms with van der Waals surface area (Å²) in [5.41, 5.74) is -1.66. The van der Waals surface area contributed by atoms with Crippen LogP contribution >= 0.6 is 0 Å². The topological polar surface area (TPSA) is 212 Å². The number of pyridine rings is 1. The first kappa shape index (κ1) is 47.4. The average Bonchev–Trinajstić information content (AvgIpc) is 4.17. The van der Waals surface area contributed by atoms with Gasteiger partial charge in [0.15, 0.2) is 0 Å². The second-order valence-electron chi connectivity index (χ2n) is 21.7. The van der Waals surface area contributed by atoms with Crippen molar-refractivity contribution < 1.29 is 51.3 Å². The summed E-state index contributed by atoms with van der Waals surface area (Å²) in [6.07, 6.45) is 5.06. The number of alkyl carbamates (subject to hydrolysis) is 1. The van der Waals surface area contributed by atoms with E-state index >= 15 is 0 Å². The normalized spacial score (nSPS) is 29.0. The van der Waals surface area contributed by atoms with Gasteiger partial charge in [0, 0.05) is 36.7 Å². The summed E-state index contributed by atoms with van der Waals surface area (Å²) < 4.78 is 52.5. The molecule has 3 aliphatic carbocycles. The Labute approximate surface area is 387 Å². The molecule has 1 aromatic carbocycles. The van der Waals surface area contributed by atoms with Gasteiger partial charge in [-0.1, -0.05) is 51.8 Å². The summed E-state index contributed by atoms with van der Waals surface area (Å²) in [4.78, 5) is 77.6. The summed E-state index contributed by atoms with van der Waals surface area (Å²) in [6.45, 7) is 17.6. The average molecular weight is 935 g/mol. The fourth-order valence-electron chi connectivity index (χ4n) is 9.34. The zero-order valence-electron chi connectivity index (χ0n) is 39.3. The van der Waals surface area contributed by atoms with Crippen molar-refractivity contribution in [1.29, 1.82) is 0 Å². The summed E-state index contributed by atoms with van der Waals surface area (Å²) in [7, 11) is -4.04. The number of nitrogens with one attached hydrogen (secondary N) is 3. The molecule has 5 fully saturated rings. The molecule has 6 aliphatic rings. The van der Waals surface area contributed by atoms with Crippen LogP contribution in [0.1, 0.15) is 112 Å². The standard InChI is InChI=1S/C48H66N6O11S/c1-9-30-23-48(30,42(57)52-66(60,61)47(8)19-20-47)51-39(55)35-22-31-26-54(35)41(56)38(45(2,3)4)50-43(58)64-36-21-29(36)15-11-10-12-17-33-37(32-16-13-14-18-34(32)49-40(33)63-31)62-27-28-24-53(25-28)44(59)65-46(5,6)7/h9,13-14,16,18,28-31,35-36,38H,1,10-12,15,17,19-27H2,2-8H3,(H,50,58)(H,51,55)(H,52,57)/t29-,30-,31-,35+,36-,38-,48-/m1/s1. The molecular weight excluding hydrogens is 869 g/mol. The van der Waals surface area contributed by atoms with Crippen molar-refractivity contribution >= 4 is 50.8 Å². The van der Waals surface area contributed by atoms with E-state index in [0.717, 1.165) is 43.1 Å². The Morgan fingerprint density at radius 2 is 1.74 bits per heavy atom. The van der Waals surface area contributed by atoms with Crippen molar-refractivity contribution in [2.45, 2.75) is 153 Å². The van der Waals surface area contributed by atoms with Gasteiger partial charge in [-0.3, -0.25) is 19.1 Å². The molecule has 1 aromatic heterocycles. The smallest absolute Gasteiger partial charge is 0.410 e. The maximum atomic E-state index is 14.9. The molecule has 3 aliphatic heterocycles. The lowest BCUT2D eigenvalue weighted by atomic mass is 9.85. The highest BCUT2D eigenvalue weighted by Gasteiger charge is 2.63. The molecule has 0 radical (unpaired) electrons. The van der Waals surface area contributed by atoms with E-state index in [1.807, 2.05) is 65.8 Å². The highest BCUT2D eigenvalue weighted by atomic mass is 32.2. The van der Waals surface area contributed by atoms with Crippen molar-refractivity contribution in [3.05, 3.63) is 42.5 Å². The van der Waals surface area contributed by atoms with Crippen molar-refractivity contribution in [3.8, 4) is 11.6 Å². The van der Waals surface area contributed by atoms with Gasteiger partial charge in [-0.2, -0.15) is 0 Å². The molecule has 2 saturated heterocycles. The summed E-state index contributed by atoms with van der Waals surface area (Å²) in [5.74, 6) is -1.43. The third-order valence-electron chi connectivity index (χ3n) is 14.0. The van der Waals surface area contributed by atoms with Crippen LogP contribution in [0.5, 0.6) is 11.6 Å². The predicted molar refractivity (Wildman–Crippen MR) is 244 cm³/mol. The minimum absolute atomic E-state index is 0.0117. The van der Waals surface area contributed by atoms with Crippen molar-refractivity contribution in [2.75, 3.05) is 26.2 Å². The molecule has 17 nitrogen and oxygen atoms in total. The number of fused-ring (bicyclic) bond motifs is 5. The Morgan fingerprint density at radius 3 is 2.41 bits per heavy atom. The number of amides is 5. The van der Waals surface area contributed by atoms with Crippen LogP contribution in [0.25, 0.3) is 10.9 Å². The number of likely N-dealkylation sites (tertiary alicyclic amines) is 1. The van der Waals surface area contributed by atoms with Gasteiger partial charge in [-0.15, -0.1) is 6.58 Å². The van der Waals surface area contributed by atoms with Crippen molar-refractivity contribution in [1.82, 2.24) is 30.1 Å². The first-order valence-electron chi connectivity index (χ1n) is 23.5. The number of ether oxygens (including phenoxy) is 4. The summed E-state index contributed by atoms with van der Waals surface area (Å²) in [5, 5.41) is 6.47. The third kappa shape index (κ3) is 9.93. The maximum absolute atomic E-state index is 14.9. The van der Waals surface area contributed by atoms with Crippen LogP contribution in [0.4, 0.5) is 9.59 Å². The van der Waals surface area contributed by atoms with Gasteiger partial charge < -0.3 is 39.4 Å². The Hall–Kier alpha value is -5.13. The third-order valence-corrected chi connectivity index (χ3v) is 16.1. The van der Waals surface area contributed by atoms with E-state index in [-0.39, 0.29) is 43.4 Å². The molecule has 66 heavy (non-hydrogen) atoms. The Balaban J connectivity index is 1.11. The highest BCUT2D eigenvalue weighted by Crippen LogP contribution is 2.48. The Morgan fingerprint density at radius 1 is 1.02 bits per heavy atom. The highest BCUT2D eigenvalue weighted by molar-refractivity contribution is 7.91. The predicted octanol–water partition coefficient (Wildman–Crippen LogP) is 5.53. The monoisotopic (exact) mass is 934 g/mol. The second kappa shape index (κ2) is 17.5. The zero-order valence-corrected chi connectivity index (χ0v) is 40.1. The van der Waals surface area contributed by atoms with Crippen LogP contribution < -0.4 is 24.8 Å². The zero-order chi connectivity index (χ0) is 47.6. The van der Waals surface area contributed by atoms with Gasteiger partial charge in [-0.25, -0.2) is 23.0 Å². The van der Waals surface area contributed by atoms with E-state index in [0.29, 0.717) is 56.1 Å². The number of rotatable bonds is 9. The molecule has 7 atom stereocenters. The molecule has 5 amide bonds. The van der Waals surface area contributed by atoms with E-state index in [2.05, 4.69) is 21.9 Å². The molecule has 2 bridgehead atoms. The summed E-state index contributed by atoms with van der Waals surface area (Å²) in [6, 6.07) is 5.31. The van der Waals surface area contributed by atoms with Crippen LogP contribution in [0.3, 0.4) is 0 Å². The van der Waals surface area contributed by atoms with Crippen LogP contribution in [0.2, 0.25) is 0 Å². The Kier molecular flexibility index (Phi) is 12.6.